The van der Waals surface area contributed by atoms with Crippen molar-refractivity contribution in [2.45, 2.75) is 132 Å². The number of amides is 4. The van der Waals surface area contributed by atoms with Gasteiger partial charge < -0.3 is 34.5 Å². The number of fused-ring (bicyclic) bond motifs is 3. The summed E-state index contributed by atoms with van der Waals surface area (Å²) in [5.74, 6) is -2.57. The number of carbonyl (C=O) groups excluding carboxylic acids is 4. The number of nitrogens with zero attached hydrogens (tertiary/aromatic N) is 2. The molecule has 2 aliphatic heterocycles. The van der Waals surface area contributed by atoms with Gasteiger partial charge in [-0.1, -0.05) is 37.3 Å². The quantitative estimate of drug-likeness (QED) is 0.303. The maximum Gasteiger partial charge on any atom is 0.427 e. The first-order valence-electron chi connectivity index (χ1n) is 19.3. The number of benzene rings is 1. The fourth-order valence-corrected chi connectivity index (χ4v) is 8.62. The van der Waals surface area contributed by atoms with Gasteiger partial charge in [-0.2, -0.15) is 13.2 Å². The summed E-state index contributed by atoms with van der Waals surface area (Å²) < 4.78 is 91.6. The van der Waals surface area contributed by atoms with Crippen LogP contribution >= 0.6 is 0 Å². The molecule has 58 heavy (non-hydrogen) atoms. The van der Waals surface area contributed by atoms with E-state index in [0.717, 1.165) is 4.90 Å². The maximum absolute atomic E-state index is 14.8. The number of methoxy groups -OCH3 is 1. The van der Waals surface area contributed by atoms with E-state index in [9.17, 15) is 40.8 Å². The van der Waals surface area contributed by atoms with Crippen LogP contribution in [0.1, 0.15) is 79.6 Å². The average Bonchev–Trinajstić information content (AvgIpc) is 4.04. The molecule has 6 rings (SSSR count). The summed E-state index contributed by atoms with van der Waals surface area (Å²) in [5.41, 5.74) is -4.60. The highest BCUT2D eigenvalue weighted by molar-refractivity contribution is 7.91. The van der Waals surface area contributed by atoms with Gasteiger partial charge in [-0.15, -0.1) is 0 Å². The van der Waals surface area contributed by atoms with Crippen molar-refractivity contribution in [3.63, 3.8) is 0 Å². The van der Waals surface area contributed by atoms with Gasteiger partial charge >= 0.3 is 12.3 Å². The molecule has 19 heteroatoms. The van der Waals surface area contributed by atoms with Crippen LogP contribution in [0.15, 0.2) is 42.6 Å². The fourth-order valence-electron chi connectivity index (χ4n) is 7.30. The van der Waals surface area contributed by atoms with Gasteiger partial charge in [0.1, 0.15) is 29.5 Å². The highest BCUT2D eigenvalue weighted by atomic mass is 32.2. The molecular formula is C39H50F3N5O10S. The monoisotopic (exact) mass is 837 g/mol. The number of alkyl halides is 3. The summed E-state index contributed by atoms with van der Waals surface area (Å²) in [6.45, 7) is 6.01. The van der Waals surface area contributed by atoms with E-state index >= 15 is 0 Å². The van der Waals surface area contributed by atoms with Crippen LogP contribution in [0.4, 0.5) is 18.0 Å². The summed E-state index contributed by atoms with van der Waals surface area (Å²) in [7, 11) is -2.60. The molecule has 2 saturated carbocycles. The molecule has 0 radical (unpaired) electrons. The van der Waals surface area contributed by atoms with Gasteiger partial charge in [0.15, 0.2) is 0 Å². The van der Waals surface area contributed by atoms with Crippen molar-refractivity contribution < 1.29 is 59.7 Å². The molecule has 1 saturated heterocycles. The molecule has 0 unspecified atom stereocenters. The molecule has 2 aliphatic carbocycles. The van der Waals surface area contributed by atoms with Gasteiger partial charge in [0.2, 0.25) is 33.3 Å². The molecule has 7 atom stereocenters. The van der Waals surface area contributed by atoms with Gasteiger partial charge in [0.25, 0.3) is 5.91 Å². The Kier molecular flexibility index (Phi) is 11.7. The van der Waals surface area contributed by atoms with E-state index in [1.165, 1.54) is 20.2 Å². The van der Waals surface area contributed by atoms with Crippen LogP contribution in [-0.4, -0.2) is 108 Å². The number of sulfonamides is 1. The fraction of sp³-hybridized carbons (Fsp3) is 0.615. The second-order valence-electron chi connectivity index (χ2n) is 16.2. The molecule has 3 N–H and O–H groups in total. The van der Waals surface area contributed by atoms with E-state index in [4.69, 9.17) is 18.9 Å². The normalized spacial score (nSPS) is 29.4. The van der Waals surface area contributed by atoms with Crippen molar-refractivity contribution in [1.82, 2.24) is 25.2 Å². The largest absolute Gasteiger partial charge is 0.494 e. The Morgan fingerprint density at radius 2 is 1.83 bits per heavy atom. The highest BCUT2D eigenvalue weighted by Crippen LogP contribution is 2.47. The van der Waals surface area contributed by atoms with Crippen LogP contribution in [0, 0.1) is 5.92 Å². The van der Waals surface area contributed by atoms with Crippen molar-refractivity contribution >= 4 is 44.6 Å². The number of nitrogens with one attached hydrogen (secondary N) is 3. The minimum absolute atomic E-state index is 0.0740. The standard InChI is InChI=1S/C39H50F3N5O10S/c1-7-28-30(44-35(51)57-36(3,4)39(40,41)42)33(49)47-21-24(56-32-26-15-11-10-14-25(26)29(54-6)20-43-32)18-27(47)31(48)45-38(19-23(38)13-9-8-12-22(2)55-28)34(50)46-58(52,53)37(5)16-17-37/h9-11,13-15,20,22-24,27-28,30H,7-8,12,16-19,21H2,1-6H3,(H,44,51)(H,45,48)(H,46,50)/b13-9-/t22-,23-,24-,27+,28+,30+,38-/m1/s1. The smallest absolute Gasteiger partial charge is 0.427 e. The van der Waals surface area contributed by atoms with Gasteiger partial charge in [-0.25, -0.2) is 18.2 Å². The third-order valence-electron chi connectivity index (χ3n) is 11.5. The molecule has 3 fully saturated rings. The van der Waals surface area contributed by atoms with E-state index < -0.39 is 92.2 Å². The number of rotatable bonds is 9. The summed E-state index contributed by atoms with van der Waals surface area (Å²) in [6.07, 6.45) is -2.43. The molecule has 2 aromatic rings. The minimum atomic E-state index is -4.94. The second-order valence-corrected chi connectivity index (χ2v) is 18.4. The van der Waals surface area contributed by atoms with Gasteiger partial charge in [-0.3, -0.25) is 19.1 Å². The van der Waals surface area contributed by atoms with Gasteiger partial charge in [0, 0.05) is 23.1 Å². The van der Waals surface area contributed by atoms with E-state index in [2.05, 4.69) is 20.3 Å². The first kappa shape index (κ1) is 42.9. The summed E-state index contributed by atoms with van der Waals surface area (Å²) in [4.78, 5) is 61.9. The van der Waals surface area contributed by atoms with Crippen molar-refractivity contribution in [3.8, 4) is 11.6 Å². The molecule has 0 bridgehead atoms. The highest BCUT2D eigenvalue weighted by Gasteiger charge is 2.63. The molecule has 4 aliphatic rings. The zero-order chi connectivity index (χ0) is 42.4. The number of hydrogen-bond donors (Lipinski definition) is 3. The molecular weight excluding hydrogens is 788 g/mol. The molecule has 1 aromatic carbocycles. The number of carbonyl (C=O) groups is 4. The third kappa shape index (κ3) is 8.56. The topological polar surface area (TPSA) is 192 Å². The lowest BCUT2D eigenvalue weighted by atomic mass is 10.0. The Hall–Kier alpha value is -4.65. The van der Waals surface area contributed by atoms with E-state index in [1.54, 1.807) is 50.3 Å². The Morgan fingerprint density at radius 3 is 2.47 bits per heavy atom. The summed E-state index contributed by atoms with van der Waals surface area (Å²) >= 11 is 0. The van der Waals surface area contributed by atoms with E-state index in [1.807, 2.05) is 0 Å². The summed E-state index contributed by atoms with van der Waals surface area (Å²) in [6, 6.07) is 4.10. The number of hydrogen-bond acceptors (Lipinski definition) is 11. The minimum Gasteiger partial charge on any atom is -0.494 e. The lowest BCUT2D eigenvalue weighted by Gasteiger charge is -2.35. The van der Waals surface area contributed by atoms with Crippen LogP contribution in [0.3, 0.4) is 0 Å². The molecule has 4 amide bonds. The van der Waals surface area contributed by atoms with Gasteiger partial charge in [0.05, 0.1) is 36.8 Å². The van der Waals surface area contributed by atoms with Crippen LogP contribution in [0.2, 0.25) is 0 Å². The molecule has 1 aromatic heterocycles. The Labute approximate surface area is 334 Å². The zero-order valence-corrected chi connectivity index (χ0v) is 34.0. The number of alkyl carbamates (subject to hydrolysis) is 1. The Bertz CT molecular complexity index is 2080. The van der Waals surface area contributed by atoms with Crippen molar-refractivity contribution in [2.24, 2.45) is 5.92 Å². The van der Waals surface area contributed by atoms with Crippen LogP contribution in [0.25, 0.3) is 10.8 Å². The lowest BCUT2D eigenvalue weighted by Crippen LogP contribution is -2.61. The SMILES string of the molecule is CC[C@@H]1O[C@H](C)CC/C=C\[C@@H]2C[C@@]2(C(=O)NS(=O)(=O)C2(C)CC2)NC(=O)[C@@H]2C[C@@H](Oc3ncc(OC)c4ccccc34)CN2C(=O)[C@H]1NC(=O)OC(C)(C)C(F)(F)F. The molecule has 318 valence electrons. The van der Waals surface area contributed by atoms with Crippen LogP contribution in [0.5, 0.6) is 11.6 Å². The number of allylic oxidation sites excluding steroid dienone is 1. The second kappa shape index (κ2) is 15.8. The summed E-state index contributed by atoms with van der Waals surface area (Å²) in [5, 5.41) is 6.32. The Balaban J connectivity index is 1.37. The van der Waals surface area contributed by atoms with Crippen LogP contribution < -0.4 is 24.8 Å². The Morgan fingerprint density at radius 1 is 1.14 bits per heavy atom. The van der Waals surface area contributed by atoms with Crippen molar-refractivity contribution in [3.05, 3.63) is 42.6 Å². The van der Waals surface area contributed by atoms with Crippen molar-refractivity contribution in [2.75, 3.05) is 13.7 Å². The molecule has 3 heterocycles. The zero-order valence-electron chi connectivity index (χ0n) is 33.2. The average molecular weight is 838 g/mol. The van der Waals surface area contributed by atoms with Crippen LogP contribution in [-0.2, 0) is 33.9 Å². The number of aromatic nitrogens is 1. The maximum atomic E-state index is 14.8. The first-order chi connectivity index (χ1) is 27.1. The lowest BCUT2D eigenvalue weighted by molar-refractivity contribution is -0.244. The molecule has 0 spiro atoms. The molecule has 15 nitrogen and oxygen atoms in total. The first-order valence-corrected chi connectivity index (χ1v) is 20.8. The predicted molar refractivity (Wildman–Crippen MR) is 203 cm³/mol. The number of pyridine rings is 1. The van der Waals surface area contributed by atoms with E-state index in [0.29, 0.717) is 56.1 Å². The van der Waals surface area contributed by atoms with Crippen molar-refractivity contribution in [1.29, 1.82) is 0 Å². The van der Waals surface area contributed by atoms with Gasteiger partial charge in [-0.05, 0) is 72.3 Å². The third-order valence-corrected chi connectivity index (χ3v) is 13.7. The number of ether oxygens (including phenoxy) is 4. The number of halogens is 3. The predicted octanol–water partition coefficient (Wildman–Crippen LogP) is 4.43. The van der Waals surface area contributed by atoms with E-state index in [-0.39, 0.29) is 31.7 Å².